The maximum absolute atomic E-state index is 12.4. The van der Waals surface area contributed by atoms with E-state index in [0.29, 0.717) is 22.5 Å². The summed E-state index contributed by atoms with van der Waals surface area (Å²) in [5.41, 5.74) is 0.845. The highest BCUT2D eigenvalue weighted by molar-refractivity contribution is 9.10. The van der Waals surface area contributed by atoms with Crippen LogP contribution in [0.2, 0.25) is 0 Å². The molecule has 0 aliphatic rings. The Labute approximate surface area is 178 Å². The number of nitrogens with zero attached hydrogens (tertiary/aromatic N) is 3. The van der Waals surface area contributed by atoms with Gasteiger partial charge in [0.1, 0.15) is 5.56 Å². The summed E-state index contributed by atoms with van der Waals surface area (Å²) in [6.45, 7) is 5.17. The Morgan fingerprint density at radius 1 is 1.13 bits per heavy atom. The maximum Gasteiger partial charge on any atom is 0.335 e. The molecule has 0 saturated carbocycles. The Morgan fingerprint density at radius 3 is 2.47 bits per heavy atom. The summed E-state index contributed by atoms with van der Waals surface area (Å²) in [5.74, 6) is -0.559. The first-order valence-corrected chi connectivity index (χ1v) is 9.54. The number of aliphatic imine (C=N–C) groups is 1. The van der Waals surface area contributed by atoms with E-state index in [1.54, 1.807) is 26.0 Å². The molecule has 0 bridgehead atoms. The first-order chi connectivity index (χ1) is 14.1. The van der Waals surface area contributed by atoms with Gasteiger partial charge >= 0.3 is 5.69 Å². The monoisotopic (exact) mass is 472 g/mol. The van der Waals surface area contributed by atoms with Crippen molar-refractivity contribution in [1.29, 1.82) is 0 Å². The fourth-order valence-electron chi connectivity index (χ4n) is 2.95. The van der Waals surface area contributed by atoms with Gasteiger partial charge in [0, 0.05) is 22.3 Å². The summed E-state index contributed by atoms with van der Waals surface area (Å²) >= 11 is 3.42. The minimum Gasteiger partial charge on any atom is -0.493 e. The van der Waals surface area contributed by atoms with E-state index in [2.05, 4.69) is 25.9 Å². The lowest BCUT2D eigenvalue weighted by Crippen LogP contribution is -2.31. The Balaban J connectivity index is 2.13. The molecule has 2 aromatic carbocycles. The molecule has 1 heterocycles. The predicted molar refractivity (Wildman–Crippen MR) is 117 cm³/mol. The Bertz CT molecular complexity index is 1320. The van der Waals surface area contributed by atoms with Gasteiger partial charge in [-0.2, -0.15) is 0 Å². The quantitative estimate of drug-likeness (QED) is 0.340. The summed E-state index contributed by atoms with van der Waals surface area (Å²) in [5, 5.41) is 21.6. The standard InChI is InChI=1S/C20H17BrN4O5/c1-10-8-17(12(3)7-15(10)21)24-19(27)14(18(26)23-20(24)28)9-22-13-4-5-16(25(29)30)11(2)6-13/h4-9,27H,1-3H3,(H,23,26,28). The number of nitro groups is 1. The average Bonchev–Trinajstić information content (AvgIpc) is 2.65. The molecule has 0 amide bonds. The lowest BCUT2D eigenvalue weighted by atomic mass is 10.1. The van der Waals surface area contributed by atoms with Crippen molar-refractivity contribution >= 4 is 33.5 Å². The minimum absolute atomic E-state index is 0.0516. The lowest BCUT2D eigenvalue weighted by molar-refractivity contribution is -0.385. The van der Waals surface area contributed by atoms with Gasteiger partial charge in [0.05, 0.1) is 16.3 Å². The smallest absolute Gasteiger partial charge is 0.335 e. The second-order valence-corrected chi connectivity index (χ2v) is 7.56. The number of rotatable bonds is 4. The second-order valence-electron chi connectivity index (χ2n) is 6.71. The predicted octanol–water partition coefficient (Wildman–Crippen LogP) is 3.58. The maximum atomic E-state index is 12.4. The van der Waals surface area contributed by atoms with Gasteiger partial charge < -0.3 is 5.11 Å². The summed E-state index contributed by atoms with van der Waals surface area (Å²) in [4.78, 5) is 41.4. The molecule has 154 valence electrons. The average molecular weight is 473 g/mol. The van der Waals surface area contributed by atoms with Gasteiger partial charge in [-0.25, -0.2) is 9.36 Å². The lowest BCUT2D eigenvalue weighted by Gasteiger charge is -2.14. The van der Waals surface area contributed by atoms with E-state index in [4.69, 9.17) is 0 Å². The molecule has 0 saturated heterocycles. The molecular weight excluding hydrogens is 456 g/mol. The molecule has 0 radical (unpaired) electrons. The van der Waals surface area contributed by atoms with Gasteiger partial charge in [0.2, 0.25) is 5.88 Å². The first kappa shape index (κ1) is 21.2. The van der Waals surface area contributed by atoms with E-state index in [1.807, 2.05) is 6.92 Å². The van der Waals surface area contributed by atoms with Crippen LogP contribution in [0.5, 0.6) is 5.88 Å². The number of aromatic nitrogens is 2. The number of H-pyrrole nitrogens is 1. The van der Waals surface area contributed by atoms with Crippen molar-refractivity contribution in [3.05, 3.63) is 88.0 Å². The molecular formula is C20H17BrN4O5. The summed E-state index contributed by atoms with van der Waals surface area (Å²) in [6, 6.07) is 7.72. The zero-order valence-electron chi connectivity index (χ0n) is 16.3. The van der Waals surface area contributed by atoms with Gasteiger partial charge in [-0.1, -0.05) is 15.9 Å². The number of halogens is 1. The topological polar surface area (TPSA) is 131 Å². The van der Waals surface area contributed by atoms with Crippen LogP contribution in [0.25, 0.3) is 5.69 Å². The van der Waals surface area contributed by atoms with Crippen molar-refractivity contribution in [2.75, 3.05) is 0 Å². The number of hydrogen-bond donors (Lipinski definition) is 2. The van der Waals surface area contributed by atoms with E-state index < -0.39 is 22.1 Å². The van der Waals surface area contributed by atoms with Crippen LogP contribution in [0.1, 0.15) is 22.3 Å². The van der Waals surface area contributed by atoms with Gasteiger partial charge in [0.15, 0.2) is 0 Å². The molecule has 30 heavy (non-hydrogen) atoms. The van der Waals surface area contributed by atoms with Gasteiger partial charge in [-0.15, -0.1) is 0 Å². The van der Waals surface area contributed by atoms with Crippen LogP contribution < -0.4 is 11.2 Å². The number of nitro benzene ring substituents is 1. The molecule has 0 spiro atoms. The van der Waals surface area contributed by atoms with E-state index in [-0.39, 0.29) is 11.3 Å². The van der Waals surface area contributed by atoms with E-state index in [0.717, 1.165) is 20.8 Å². The molecule has 3 aromatic rings. The molecule has 0 unspecified atom stereocenters. The van der Waals surface area contributed by atoms with Crippen LogP contribution in [-0.4, -0.2) is 25.8 Å². The molecule has 0 fully saturated rings. The number of aryl methyl sites for hydroxylation is 3. The number of aromatic amines is 1. The van der Waals surface area contributed by atoms with Crippen molar-refractivity contribution in [2.45, 2.75) is 20.8 Å². The van der Waals surface area contributed by atoms with Gasteiger partial charge in [-0.05, 0) is 56.2 Å². The van der Waals surface area contributed by atoms with Gasteiger partial charge in [0.25, 0.3) is 11.2 Å². The molecule has 9 nitrogen and oxygen atoms in total. The Kier molecular flexibility index (Phi) is 5.70. The third-order valence-electron chi connectivity index (χ3n) is 4.56. The van der Waals surface area contributed by atoms with Crippen LogP contribution in [0.3, 0.4) is 0 Å². The fourth-order valence-corrected chi connectivity index (χ4v) is 3.41. The van der Waals surface area contributed by atoms with E-state index >= 15 is 0 Å². The number of aromatic hydroxyl groups is 1. The van der Waals surface area contributed by atoms with Crippen molar-refractivity contribution < 1.29 is 10.0 Å². The molecule has 10 heteroatoms. The molecule has 3 rings (SSSR count). The van der Waals surface area contributed by atoms with Crippen LogP contribution in [0.15, 0.2) is 49.4 Å². The fraction of sp³-hybridized carbons (Fsp3) is 0.150. The normalized spacial score (nSPS) is 11.2. The Morgan fingerprint density at radius 2 is 1.83 bits per heavy atom. The number of nitrogens with one attached hydrogen (secondary N) is 1. The minimum atomic E-state index is -0.803. The zero-order chi connectivity index (χ0) is 22.2. The summed E-state index contributed by atoms with van der Waals surface area (Å²) in [6.07, 6.45) is 1.12. The largest absolute Gasteiger partial charge is 0.493 e. The highest BCUT2D eigenvalue weighted by atomic mass is 79.9. The van der Waals surface area contributed by atoms with Crippen molar-refractivity contribution in [1.82, 2.24) is 9.55 Å². The zero-order valence-corrected chi connectivity index (χ0v) is 17.8. The van der Waals surface area contributed by atoms with Crippen molar-refractivity contribution in [3.8, 4) is 11.6 Å². The van der Waals surface area contributed by atoms with Gasteiger partial charge in [-0.3, -0.25) is 24.9 Å². The molecule has 0 atom stereocenters. The van der Waals surface area contributed by atoms with Crippen molar-refractivity contribution in [2.24, 2.45) is 4.99 Å². The highest BCUT2D eigenvalue weighted by Gasteiger charge is 2.17. The SMILES string of the molecule is Cc1cc(-n2c(O)c(C=Nc3ccc([N+](=O)[O-])c(C)c3)c(=O)[nH]c2=O)c(C)cc1Br. The third-order valence-corrected chi connectivity index (χ3v) is 5.41. The van der Waals surface area contributed by atoms with Crippen LogP contribution in [0.4, 0.5) is 11.4 Å². The van der Waals surface area contributed by atoms with E-state index in [1.165, 1.54) is 18.2 Å². The first-order valence-electron chi connectivity index (χ1n) is 8.74. The summed E-state index contributed by atoms with van der Waals surface area (Å²) in [7, 11) is 0. The molecule has 0 aliphatic carbocycles. The van der Waals surface area contributed by atoms with E-state index in [9.17, 15) is 24.8 Å². The van der Waals surface area contributed by atoms with Crippen LogP contribution >= 0.6 is 15.9 Å². The van der Waals surface area contributed by atoms with Crippen molar-refractivity contribution in [3.63, 3.8) is 0 Å². The molecule has 0 aliphatic heterocycles. The third kappa shape index (κ3) is 3.94. The molecule has 2 N–H and O–H groups in total. The number of benzene rings is 2. The summed E-state index contributed by atoms with van der Waals surface area (Å²) < 4.78 is 1.84. The molecule has 1 aromatic heterocycles. The van der Waals surface area contributed by atoms with Crippen LogP contribution in [-0.2, 0) is 0 Å². The van der Waals surface area contributed by atoms with Crippen LogP contribution in [0, 0.1) is 30.9 Å². The number of hydrogen-bond acceptors (Lipinski definition) is 6. The highest BCUT2D eigenvalue weighted by Crippen LogP contribution is 2.26. The second kappa shape index (κ2) is 8.07. The Hall–Kier alpha value is -3.53.